The molecular weight excluding hydrogens is 368 g/mol. The van der Waals surface area contributed by atoms with Crippen LogP contribution in [-0.2, 0) is 5.54 Å². The minimum absolute atomic E-state index is 0.119. The highest BCUT2D eigenvalue weighted by molar-refractivity contribution is 5.80. The SMILES string of the molecule is CCC(C)(C)n1nnnc1[C@H](c1cc2ccc(OC)cc2[nH]c1=O)N1CCCC1. The Balaban J connectivity index is 1.89. The second-order valence-electron chi connectivity index (χ2n) is 8.27. The van der Waals surface area contributed by atoms with Crippen molar-refractivity contribution >= 4 is 10.9 Å². The van der Waals surface area contributed by atoms with Gasteiger partial charge < -0.3 is 9.72 Å². The summed E-state index contributed by atoms with van der Waals surface area (Å²) < 4.78 is 7.17. The molecule has 0 radical (unpaired) electrons. The number of likely N-dealkylation sites (tertiary alicyclic amines) is 1. The molecule has 0 aliphatic carbocycles. The number of H-pyrrole nitrogens is 1. The average Bonchev–Trinajstić information content (AvgIpc) is 3.41. The number of fused-ring (bicyclic) bond motifs is 1. The predicted molar refractivity (Wildman–Crippen MR) is 111 cm³/mol. The summed E-state index contributed by atoms with van der Waals surface area (Å²) in [6.07, 6.45) is 3.10. The first-order chi connectivity index (χ1) is 13.9. The first kappa shape index (κ1) is 19.6. The molecule has 1 aromatic carbocycles. The van der Waals surface area contributed by atoms with Gasteiger partial charge in [0.15, 0.2) is 5.82 Å². The standard InChI is InChI=1S/C21H28N6O2/c1-5-21(2,3)27-19(23-24-25-27)18(26-10-6-7-11-26)16-12-14-8-9-15(29-4)13-17(14)22-20(16)28/h8-9,12-13,18H,5-7,10-11H2,1-4H3,(H,22,28)/t18-/m0/s1. The summed E-state index contributed by atoms with van der Waals surface area (Å²) in [6.45, 7) is 8.19. The van der Waals surface area contributed by atoms with Gasteiger partial charge >= 0.3 is 0 Å². The van der Waals surface area contributed by atoms with Crippen molar-refractivity contribution in [1.82, 2.24) is 30.1 Å². The van der Waals surface area contributed by atoms with Gasteiger partial charge in [0.1, 0.15) is 11.8 Å². The van der Waals surface area contributed by atoms with E-state index in [0.717, 1.165) is 49.1 Å². The van der Waals surface area contributed by atoms with Crippen molar-refractivity contribution < 1.29 is 4.74 Å². The maximum Gasteiger partial charge on any atom is 0.253 e. The van der Waals surface area contributed by atoms with Crippen molar-refractivity contribution in [1.29, 1.82) is 0 Å². The summed E-state index contributed by atoms with van der Waals surface area (Å²) in [6, 6.07) is 7.39. The molecule has 2 aromatic heterocycles. The number of methoxy groups -OCH3 is 1. The third-order valence-corrected chi connectivity index (χ3v) is 6.06. The molecule has 3 heterocycles. The van der Waals surface area contributed by atoms with Crippen molar-refractivity contribution in [3.63, 3.8) is 0 Å². The molecule has 0 saturated carbocycles. The highest BCUT2D eigenvalue weighted by atomic mass is 16.5. The zero-order chi connectivity index (χ0) is 20.6. The fourth-order valence-corrected chi connectivity index (χ4v) is 3.97. The summed E-state index contributed by atoms with van der Waals surface area (Å²) >= 11 is 0. The van der Waals surface area contributed by atoms with E-state index in [1.54, 1.807) is 7.11 Å². The fraction of sp³-hybridized carbons (Fsp3) is 0.524. The number of pyridine rings is 1. The molecule has 1 aliphatic heterocycles. The minimum Gasteiger partial charge on any atom is -0.497 e. The van der Waals surface area contributed by atoms with E-state index in [-0.39, 0.29) is 17.1 Å². The van der Waals surface area contributed by atoms with E-state index in [2.05, 4.69) is 46.2 Å². The topological polar surface area (TPSA) is 88.9 Å². The van der Waals surface area contributed by atoms with Crippen LogP contribution in [0.1, 0.15) is 57.5 Å². The van der Waals surface area contributed by atoms with Crippen molar-refractivity contribution in [2.45, 2.75) is 51.6 Å². The molecule has 29 heavy (non-hydrogen) atoms. The van der Waals surface area contributed by atoms with Crippen LogP contribution in [0, 0.1) is 0 Å². The fourth-order valence-electron chi connectivity index (χ4n) is 3.97. The van der Waals surface area contributed by atoms with Crippen LogP contribution >= 0.6 is 0 Å². The van der Waals surface area contributed by atoms with Crippen molar-refractivity contribution in [2.24, 2.45) is 0 Å². The van der Waals surface area contributed by atoms with Gasteiger partial charge in [-0.15, -0.1) is 5.10 Å². The molecule has 0 bridgehead atoms. The number of rotatable bonds is 6. The number of hydrogen-bond acceptors (Lipinski definition) is 6. The lowest BCUT2D eigenvalue weighted by Crippen LogP contribution is -2.37. The lowest BCUT2D eigenvalue weighted by molar-refractivity contribution is 0.230. The number of benzene rings is 1. The number of nitrogens with zero attached hydrogens (tertiary/aromatic N) is 5. The van der Waals surface area contributed by atoms with E-state index in [1.807, 2.05) is 28.9 Å². The van der Waals surface area contributed by atoms with E-state index in [0.29, 0.717) is 11.3 Å². The molecular formula is C21H28N6O2. The summed E-state index contributed by atoms with van der Waals surface area (Å²) in [4.78, 5) is 18.5. The van der Waals surface area contributed by atoms with E-state index in [1.165, 1.54) is 0 Å². The third-order valence-electron chi connectivity index (χ3n) is 6.06. The normalized spacial score (nSPS) is 16.4. The summed E-state index contributed by atoms with van der Waals surface area (Å²) in [5.41, 5.74) is 1.07. The number of aromatic amines is 1. The highest BCUT2D eigenvalue weighted by Gasteiger charge is 2.35. The van der Waals surface area contributed by atoms with Crippen LogP contribution in [-0.4, -0.2) is 50.3 Å². The van der Waals surface area contributed by atoms with Crippen LogP contribution in [0.15, 0.2) is 29.1 Å². The van der Waals surface area contributed by atoms with Crippen LogP contribution in [0.2, 0.25) is 0 Å². The van der Waals surface area contributed by atoms with Gasteiger partial charge in [-0.05, 0) is 80.2 Å². The zero-order valence-corrected chi connectivity index (χ0v) is 17.5. The first-order valence-electron chi connectivity index (χ1n) is 10.2. The van der Waals surface area contributed by atoms with Gasteiger partial charge in [0.2, 0.25) is 0 Å². The maximum absolute atomic E-state index is 13.2. The van der Waals surface area contributed by atoms with E-state index in [9.17, 15) is 4.79 Å². The van der Waals surface area contributed by atoms with Gasteiger partial charge in [-0.2, -0.15) is 0 Å². The largest absolute Gasteiger partial charge is 0.497 e. The Morgan fingerprint density at radius 2 is 2.00 bits per heavy atom. The number of aromatic nitrogens is 5. The number of nitrogens with one attached hydrogen (secondary N) is 1. The number of ether oxygens (including phenoxy) is 1. The molecule has 154 valence electrons. The highest BCUT2D eigenvalue weighted by Crippen LogP contribution is 2.32. The summed E-state index contributed by atoms with van der Waals surface area (Å²) in [7, 11) is 1.62. The number of tetrazole rings is 1. The van der Waals surface area contributed by atoms with Crippen LogP contribution in [0.25, 0.3) is 10.9 Å². The Kier molecular flexibility index (Phi) is 5.12. The molecule has 1 aliphatic rings. The molecule has 1 saturated heterocycles. The zero-order valence-electron chi connectivity index (χ0n) is 17.5. The molecule has 1 atom stereocenters. The lowest BCUT2D eigenvalue weighted by atomic mass is 9.99. The Labute approximate surface area is 169 Å². The summed E-state index contributed by atoms with van der Waals surface area (Å²) in [5, 5.41) is 13.6. The molecule has 0 unspecified atom stereocenters. The van der Waals surface area contributed by atoms with Crippen LogP contribution in [0.4, 0.5) is 0 Å². The van der Waals surface area contributed by atoms with Crippen molar-refractivity contribution in [3.05, 3.63) is 46.0 Å². The Morgan fingerprint density at radius 3 is 2.69 bits per heavy atom. The van der Waals surface area contributed by atoms with Crippen molar-refractivity contribution in [3.8, 4) is 5.75 Å². The number of hydrogen-bond donors (Lipinski definition) is 1. The molecule has 1 N–H and O–H groups in total. The third kappa shape index (κ3) is 3.53. The van der Waals surface area contributed by atoms with Crippen molar-refractivity contribution in [2.75, 3.05) is 20.2 Å². The molecule has 8 heteroatoms. The van der Waals surface area contributed by atoms with Gasteiger partial charge in [-0.3, -0.25) is 9.69 Å². The Hall–Kier alpha value is -2.74. The molecule has 0 spiro atoms. The van der Waals surface area contributed by atoms with Crippen LogP contribution < -0.4 is 10.3 Å². The van der Waals surface area contributed by atoms with E-state index >= 15 is 0 Å². The van der Waals surface area contributed by atoms with Gasteiger partial charge in [-0.1, -0.05) is 6.92 Å². The Bertz CT molecular complexity index is 1060. The van der Waals surface area contributed by atoms with Gasteiger partial charge in [0.05, 0.1) is 18.2 Å². The molecule has 3 aromatic rings. The summed E-state index contributed by atoms with van der Waals surface area (Å²) in [5.74, 6) is 1.43. The van der Waals surface area contributed by atoms with Gasteiger partial charge in [-0.25, -0.2) is 4.68 Å². The minimum atomic E-state index is -0.284. The second-order valence-corrected chi connectivity index (χ2v) is 8.27. The monoisotopic (exact) mass is 396 g/mol. The predicted octanol–water partition coefficient (Wildman–Crippen LogP) is 2.85. The average molecular weight is 396 g/mol. The Morgan fingerprint density at radius 1 is 1.24 bits per heavy atom. The van der Waals surface area contributed by atoms with E-state index in [4.69, 9.17) is 4.74 Å². The van der Waals surface area contributed by atoms with Gasteiger partial charge in [0, 0.05) is 11.6 Å². The maximum atomic E-state index is 13.2. The smallest absolute Gasteiger partial charge is 0.253 e. The van der Waals surface area contributed by atoms with Crippen LogP contribution in [0.3, 0.4) is 0 Å². The molecule has 1 fully saturated rings. The quantitative estimate of drug-likeness (QED) is 0.689. The second kappa shape index (κ2) is 7.59. The lowest BCUT2D eigenvalue weighted by Gasteiger charge is -2.30. The molecule has 4 rings (SSSR count). The molecule has 8 nitrogen and oxygen atoms in total. The molecule has 0 amide bonds. The van der Waals surface area contributed by atoms with E-state index < -0.39 is 0 Å². The first-order valence-corrected chi connectivity index (χ1v) is 10.2. The van der Waals surface area contributed by atoms with Gasteiger partial charge in [0.25, 0.3) is 5.56 Å². The van der Waals surface area contributed by atoms with Crippen LogP contribution in [0.5, 0.6) is 5.75 Å².